The Morgan fingerprint density at radius 1 is 0.600 bits per heavy atom. The van der Waals surface area contributed by atoms with Crippen LogP contribution < -0.4 is 0 Å². The molecular formula is C18H32O2. The van der Waals surface area contributed by atoms with Gasteiger partial charge in [0.05, 0.1) is 5.92 Å². The zero-order valence-corrected chi connectivity index (χ0v) is 13.0. The molecule has 2 unspecified atom stereocenters. The molecule has 0 radical (unpaired) electrons. The lowest BCUT2D eigenvalue weighted by Crippen LogP contribution is -2.19. The largest absolute Gasteiger partial charge is 0.481 e. The van der Waals surface area contributed by atoms with Gasteiger partial charge in [-0.3, -0.25) is 4.79 Å². The Balaban J connectivity index is 1.91. The summed E-state index contributed by atoms with van der Waals surface area (Å²) in [7, 11) is 0. The van der Waals surface area contributed by atoms with E-state index in [4.69, 9.17) is 0 Å². The summed E-state index contributed by atoms with van der Waals surface area (Å²) in [5, 5.41) is 9.33. The van der Waals surface area contributed by atoms with Crippen molar-refractivity contribution in [1.29, 1.82) is 0 Å². The molecule has 2 rings (SSSR count). The number of carbonyl (C=O) groups is 1. The van der Waals surface area contributed by atoms with Crippen LogP contribution in [0.2, 0.25) is 0 Å². The lowest BCUT2D eigenvalue weighted by atomic mass is 9.77. The molecule has 2 saturated carbocycles. The maximum atomic E-state index is 11.3. The Kier molecular flexibility index (Phi) is 6.89. The molecular weight excluding hydrogens is 248 g/mol. The van der Waals surface area contributed by atoms with Crippen molar-refractivity contribution in [1.82, 2.24) is 0 Å². The van der Waals surface area contributed by atoms with Crippen LogP contribution in [0.3, 0.4) is 0 Å². The highest BCUT2D eigenvalue weighted by molar-refractivity contribution is 5.69. The Hall–Kier alpha value is -0.530. The lowest BCUT2D eigenvalue weighted by molar-refractivity contribution is -0.142. The molecule has 2 nitrogen and oxygen atoms in total. The molecule has 2 aliphatic carbocycles. The second kappa shape index (κ2) is 8.69. The lowest BCUT2D eigenvalue weighted by Gasteiger charge is -2.29. The minimum atomic E-state index is -0.552. The van der Waals surface area contributed by atoms with Crippen LogP contribution in [0.15, 0.2) is 0 Å². The highest BCUT2D eigenvalue weighted by atomic mass is 16.4. The highest BCUT2D eigenvalue weighted by Gasteiger charge is 2.26. The van der Waals surface area contributed by atoms with Crippen molar-refractivity contribution in [3.8, 4) is 0 Å². The predicted octanol–water partition coefficient (Wildman–Crippen LogP) is 5.41. The van der Waals surface area contributed by atoms with Crippen molar-refractivity contribution >= 4 is 5.97 Å². The third-order valence-corrected chi connectivity index (χ3v) is 5.68. The maximum absolute atomic E-state index is 11.3. The van der Waals surface area contributed by atoms with E-state index >= 15 is 0 Å². The van der Waals surface area contributed by atoms with Gasteiger partial charge in [0, 0.05) is 0 Å². The average Bonchev–Trinajstić information content (AvgIpc) is 2.50. The standard InChI is InChI=1S/C18H32O2/c19-18(20)17-12-8-4-7-11-16(13-14-17)15-9-5-2-1-3-6-10-15/h15-17H,1-14H2,(H,19,20). The third kappa shape index (κ3) is 5.10. The van der Waals surface area contributed by atoms with Crippen molar-refractivity contribution in [3.63, 3.8) is 0 Å². The maximum Gasteiger partial charge on any atom is 0.306 e. The van der Waals surface area contributed by atoms with Crippen LogP contribution in [0.4, 0.5) is 0 Å². The first-order valence-electron chi connectivity index (χ1n) is 9.00. The van der Waals surface area contributed by atoms with Crippen LogP contribution in [0.25, 0.3) is 0 Å². The van der Waals surface area contributed by atoms with Gasteiger partial charge >= 0.3 is 5.97 Å². The molecule has 0 aromatic heterocycles. The fraction of sp³-hybridized carbons (Fsp3) is 0.944. The molecule has 2 aliphatic rings. The Morgan fingerprint density at radius 3 is 1.65 bits per heavy atom. The molecule has 2 heteroatoms. The molecule has 0 heterocycles. The Labute approximate surface area is 124 Å². The average molecular weight is 280 g/mol. The number of aliphatic carboxylic acids is 1. The summed E-state index contributed by atoms with van der Waals surface area (Å²) >= 11 is 0. The summed E-state index contributed by atoms with van der Waals surface area (Å²) in [6.07, 6.45) is 17.9. The SMILES string of the molecule is O=C(O)C1CCCCCC(C2CCCCCCC2)CC1. The summed E-state index contributed by atoms with van der Waals surface area (Å²) in [4.78, 5) is 11.3. The Morgan fingerprint density at radius 2 is 1.05 bits per heavy atom. The molecule has 0 aliphatic heterocycles. The summed E-state index contributed by atoms with van der Waals surface area (Å²) in [5.41, 5.74) is 0. The highest BCUT2D eigenvalue weighted by Crippen LogP contribution is 2.36. The monoisotopic (exact) mass is 280 g/mol. The number of hydrogen-bond acceptors (Lipinski definition) is 1. The van der Waals surface area contributed by atoms with Crippen molar-refractivity contribution in [2.24, 2.45) is 17.8 Å². The molecule has 116 valence electrons. The van der Waals surface area contributed by atoms with Crippen LogP contribution in [-0.2, 0) is 4.79 Å². The van der Waals surface area contributed by atoms with Crippen molar-refractivity contribution in [2.75, 3.05) is 0 Å². The van der Waals surface area contributed by atoms with Crippen molar-refractivity contribution < 1.29 is 9.90 Å². The summed E-state index contributed by atoms with van der Waals surface area (Å²) in [6, 6.07) is 0. The second-order valence-corrected chi connectivity index (χ2v) is 7.12. The minimum Gasteiger partial charge on any atom is -0.481 e. The normalized spacial score (nSPS) is 31.4. The van der Waals surface area contributed by atoms with Gasteiger partial charge in [0.2, 0.25) is 0 Å². The van der Waals surface area contributed by atoms with Crippen LogP contribution in [0.5, 0.6) is 0 Å². The van der Waals surface area contributed by atoms with Crippen LogP contribution >= 0.6 is 0 Å². The van der Waals surface area contributed by atoms with Gasteiger partial charge in [-0.25, -0.2) is 0 Å². The molecule has 0 amide bonds. The number of carboxylic acids is 1. The predicted molar refractivity (Wildman–Crippen MR) is 82.7 cm³/mol. The van der Waals surface area contributed by atoms with Gasteiger partial charge < -0.3 is 5.11 Å². The van der Waals surface area contributed by atoms with E-state index in [0.29, 0.717) is 0 Å². The topological polar surface area (TPSA) is 37.3 Å². The molecule has 20 heavy (non-hydrogen) atoms. The van der Waals surface area contributed by atoms with E-state index < -0.39 is 5.97 Å². The smallest absolute Gasteiger partial charge is 0.306 e. The van der Waals surface area contributed by atoms with Gasteiger partial charge in [0.15, 0.2) is 0 Å². The zero-order chi connectivity index (χ0) is 14.2. The first kappa shape index (κ1) is 15.9. The molecule has 0 aromatic rings. The van der Waals surface area contributed by atoms with Gasteiger partial charge in [0.1, 0.15) is 0 Å². The zero-order valence-electron chi connectivity index (χ0n) is 13.0. The molecule has 0 saturated heterocycles. The number of carboxylic acid groups (broad SMARTS) is 1. The van der Waals surface area contributed by atoms with E-state index in [1.165, 1.54) is 70.6 Å². The summed E-state index contributed by atoms with van der Waals surface area (Å²) in [6.45, 7) is 0. The van der Waals surface area contributed by atoms with Crippen LogP contribution in [0, 0.1) is 17.8 Å². The number of hydrogen-bond donors (Lipinski definition) is 1. The van der Waals surface area contributed by atoms with E-state index in [2.05, 4.69) is 0 Å². The quantitative estimate of drug-likeness (QED) is 0.734. The second-order valence-electron chi connectivity index (χ2n) is 7.12. The number of rotatable bonds is 2. The fourth-order valence-corrected chi connectivity index (χ4v) is 4.36. The van der Waals surface area contributed by atoms with Crippen molar-refractivity contribution in [2.45, 2.75) is 89.9 Å². The van der Waals surface area contributed by atoms with Gasteiger partial charge in [-0.05, 0) is 31.1 Å². The van der Waals surface area contributed by atoms with E-state index in [9.17, 15) is 9.90 Å². The molecule has 0 spiro atoms. The molecule has 1 N–H and O–H groups in total. The minimum absolute atomic E-state index is 0.0656. The van der Waals surface area contributed by atoms with Gasteiger partial charge in [0.25, 0.3) is 0 Å². The first-order chi connectivity index (χ1) is 9.77. The van der Waals surface area contributed by atoms with Crippen LogP contribution in [0.1, 0.15) is 89.9 Å². The van der Waals surface area contributed by atoms with Gasteiger partial charge in [-0.2, -0.15) is 0 Å². The summed E-state index contributed by atoms with van der Waals surface area (Å²) in [5.74, 6) is 1.09. The molecule has 0 aromatic carbocycles. The first-order valence-corrected chi connectivity index (χ1v) is 9.00. The van der Waals surface area contributed by atoms with Gasteiger partial charge in [-0.15, -0.1) is 0 Å². The van der Waals surface area contributed by atoms with E-state index in [-0.39, 0.29) is 5.92 Å². The van der Waals surface area contributed by atoms with E-state index in [1.54, 1.807) is 0 Å². The molecule has 2 fully saturated rings. The van der Waals surface area contributed by atoms with E-state index in [0.717, 1.165) is 31.1 Å². The van der Waals surface area contributed by atoms with Crippen molar-refractivity contribution in [3.05, 3.63) is 0 Å². The molecule has 2 atom stereocenters. The Bertz CT molecular complexity index is 279. The van der Waals surface area contributed by atoms with E-state index in [1.807, 2.05) is 0 Å². The fourth-order valence-electron chi connectivity index (χ4n) is 4.36. The summed E-state index contributed by atoms with van der Waals surface area (Å²) < 4.78 is 0. The third-order valence-electron chi connectivity index (χ3n) is 5.68. The molecule has 0 bridgehead atoms. The van der Waals surface area contributed by atoms with Gasteiger partial charge in [-0.1, -0.05) is 70.6 Å². The van der Waals surface area contributed by atoms with Crippen LogP contribution in [-0.4, -0.2) is 11.1 Å².